The van der Waals surface area contributed by atoms with Crippen LogP contribution in [0.2, 0.25) is 0 Å². The third-order valence-electron chi connectivity index (χ3n) is 6.41. The fraction of sp³-hybridized carbons (Fsp3) is 0.519. The quantitative estimate of drug-likeness (QED) is 0.456. The molecule has 1 fully saturated rings. The van der Waals surface area contributed by atoms with Crippen LogP contribution >= 0.6 is 0 Å². The van der Waals surface area contributed by atoms with Crippen LogP contribution in [0.25, 0.3) is 0 Å². The van der Waals surface area contributed by atoms with Crippen molar-refractivity contribution < 1.29 is 8.42 Å². The molecular formula is C27H39N3O2S. The maximum atomic E-state index is 12.2. The summed E-state index contributed by atoms with van der Waals surface area (Å²) < 4.78 is 27.0. The molecule has 5 nitrogen and oxygen atoms in total. The SMILES string of the molecule is CC.O=S(=O)(NCCCCCCCN=C1CC2c3ccccc3CCC2N1)c1ccccc1. The van der Waals surface area contributed by atoms with Gasteiger partial charge < -0.3 is 5.32 Å². The number of rotatable bonds is 10. The molecule has 6 heteroatoms. The minimum Gasteiger partial charge on any atom is -0.370 e. The number of hydrogen-bond acceptors (Lipinski definition) is 3. The zero-order valence-electron chi connectivity index (χ0n) is 20.1. The molecule has 2 N–H and O–H groups in total. The lowest BCUT2D eigenvalue weighted by Crippen LogP contribution is -2.31. The van der Waals surface area contributed by atoms with Crippen molar-refractivity contribution in [1.82, 2.24) is 10.0 Å². The van der Waals surface area contributed by atoms with E-state index in [1.54, 1.807) is 24.3 Å². The van der Waals surface area contributed by atoms with E-state index in [2.05, 4.69) is 34.3 Å². The summed E-state index contributed by atoms with van der Waals surface area (Å²) >= 11 is 0. The Morgan fingerprint density at radius 1 is 0.939 bits per heavy atom. The van der Waals surface area contributed by atoms with Crippen molar-refractivity contribution in [3.63, 3.8) is 0 Å². The van der Waals surface area contributed by atoms with Crippen molar-refractivity contribution >= 4 is 15.9 Å². The van der Waals surface area contributed by atoms with Crippen LogP contribution in [0, 0.1) is 0 Å². The third kappa shape index (κ3) is 7.15. The summed E-state index contributed by atoms with van der Waals surface area (Å²) in [5.41, 5.74) is 3.03. The van der Waals surface area contributed by atoms with Crippen molar-refractivity contribution in [3.05, 3.63) is 65.7 Å². The Kier molecular flexibility index (Phi) is 9.95. The van der Waals surface area contributed by atoms with E-state index < -0.39 is 10.0 Å². The standard InChI is InChI=1S/C25H33N3O2S.C2H6/c29-31(30,21-12-5-4-6-13-21)27-18-10-3-1-2-9-17-26-25-19-23-22-14-8-7-11-20(22)15-16-24(23)28-25;1-2/h4-8,11-14,23-24,27H,1-3,9-10,15-19H2,(H,26,28);1-2H3. The first-order valence-corrected chi connectivity index (χ1v) is 14.0. The minimum absolute atomic E-state index is 0.331. The number of amidine groups is 1. The van der Waals surface area contributed by atoms with Gasteiger partial charge in [0.25, 0.3) is 0 Å². The van der Waals surface area contributed by atoms with Gasteiger partial charge in [-0.3, -0.25) is 4.99 Å². The first-order valence-electron chi connectivity index (χ1n) is 12.6. The van der Waals surface area contributed by atoms with E-state index in [1.165, 1.54) is 29.8 Å². The van der Waals surface area contributed by atoms with Crippen LogP contribution in [0.1, 0.15) is 75.8 Å². The monoisotopic (exact) mass is 469 g/mol. The fourth-order valence-electron chi connectivity index (χ4n) is 4.74. The number of aliphatic imine (C=N–C) groups is 1. The lowest BCUT2D eigenvalue weighted by molar-refractivity contribution is 0.486. The molecule has 0 amide bonds. The minimum atomic E-state index is -3.37. The summed E-state index contributed by atoms with van der Waals surface area (Å²) in [5.74, 6) is 1.77. The number of nitrogens with one attached hydrogen (secondary N) is 2. The average molecular weight is 470 g/mol. The van der Waals surface area contributed by atoms with Gasteiger partial charge in [0.1, 0.15) is 0 Å². The number of hydrogen-bond donors (Lipinski definition) is 2. The molecule has 2 aromatic rings. The molecule has 0 spiro atoms. The second-order valence-electron chi connectivity index (χ2n) is 8.61. The maximum Gasteiger partial charge on any atom is 0.240 e. The normalized spacial score (nSPS) is 20.4. The van der Waals surface area contributed by atoms with Crippen molar-refractivity contribution in [2.24, 2.45) is 4.99 Å². The Morgan fingerprint density at radius 2 is 1.64 bits per heavy atom. The molecule has 2 unspecified atom stereocenters. The second kappa shape index (κ2) is 12.9. The Hall–Kier alpha value is -2.18. The average Bonchev–Trinajstić information content (AvgIpc) is 3.28. The van der Waals surface area contributed by atoms with Crippen LogP contribution < -0.4 is 10.0 Å². The molecule has 0 radical (unpaired) electrons. The van der Waals surface area contributed by atoms with E-state index in [0.717, 1.165) is 45.1 Å². The van der Waals surface area contributed by atoms with Gasteiger partial charge in [0, 0.05) is 31.5 Å². The van der Waals surface area contributed by atoms with Gasteiger partial charge in [-0.05, 0) is 48.9 Å². The molecule has 0 bridgehead atoms. The van der Waals surface area contributed by atoms with E-state index in [9.17, 15) is 8.42 Å². The maximum absolute atomic E-state index is 12.2. The van der Waals surface area contributed by atoms with E-state index >= 15 is 0 Å². The summed E-state index contributed by atoms with van der Waals surface area (Å²) in [4.78, 5) is 5.17. The van der Waals surface area contributed by atoms with Gasteiger partial charge in [-0.25, -0.2) is 13.1 Å². The van der Waals surface area contributed by atoms with Crippen LogP contribution in [0.3, 0.4) is 0 Å². The molecule has 33 heavy (non-hydrogen) atoms. The van der Waals surface area contributed by atoms with Crippen LogP contribution in [-0.2, 0) is 16.4 Å². The van der Waals surface area contributed by atoms with Crippen molar-refractivity contribution in [2.75, 3.05) is 13.1 Å². The Bertz CT molecular complexity index is 989. The second-order valence-corrected chi connectivity index (χ2v) is 10.4. The third-order valence-corrected chi connectivity index (χ3v) is 7.89. The highest BCUT2D eigenvalue weighted by atomic mass is 32.2. The van der Waals surface area contributed by atoms with Gasteiger partial charge in [0.2, 0.25) is 10.0 Å². The molecule has 2 atom stereocenters. The molecule has 1 heterocycles. The summed E-state index contributed by atoms with van der Waals surface area (Å²) in [5, 5.41) is 3.67. The molecule has 1 aliphatic heterocycles. The van der Waals surface area contributed by atoms with Crippen LogP contribution in [0.15, 0.2) is 64.5 Å². The Morgan fingerprint density at radius 3 is 2.45 bits per heavy atom. The van der Waals surface area contributed by atoms with E-state index in [4.69, 9.17) is 4.99 Å². The van der Waals surface area contributed by atoms with Crippen molar-refractivity contribution in [2.45, 2.75) is 82.1 Å². The molecule has 0 aromatic heterocycles. The number of sulfonamides is 1. The number of unbranched alkanes of at least 4 members (excludes halogenated alkanes) is 4. The van der Waals surface area contributed by atoms with Crippen molar-refractivity contribution in [1.29, 1.82) is 0 Å². The lowest BCUT2D eigenvalue weighted by Gasteiger charge is -2.27. The van der Waals surface area contributed by atoms with Crippen molar-refractivity contribution in [3.8, 4) is 0 Å². The molecule has 0 saturated carbocycles. The first-order chi connectivity index (χ1) is 16.1. The van der Waals surface area contributed by atoms with E-state index in [-0.39, 0.29) is 0 Å². The first kappa shape index (κ1) is 25.4. The van der Waals surface area contributed by atoms with E-state index in [1.807, 2.05) is 19.9 Å². The molecule has 4 rings (SSSR count). The summed E-state index contributed by atoms with van der Waals surface area (Å²) in [6, 6.07) is 18.0. The predicted molar refractivity (Wildman–Crippen MR) is 137 cm³/mol. The fourth-order valence-corrected chi connectivity index (χ4v) is 5.83. The van der Waals surface area contributed by atoms with Gasteiger partial charge in [-0.2, -0.15) is 0 Å². The van der Waals surface area contributed by atoms with Gasteiger partial charge in [0.15, 0.2) is 0 Å². The van der Waals surface area contributed by atoms with Gasteiger partial charge in [-0.1, -0.05) is 75.6 Å². The molecule has 2 aromatic carbocycles. The summed E-state index contributed by atoms with van der Waals surface area (Å²) in [6.07, 6.45) is 8.66. The number of nitrogens with zero attached hydrogens (tertiary/aromatic N) is 1. The number of aryl methyl sites for hydroxylation is 1. The molecule has 2 aliphatic rings. The zero-order valence-corrected chi connectivity index (χ0v) is 20.9. The molecule has 180 valence electrons. The molecular weight excluding hydrogens is 430 g/mol. The van der Waals surface area contributed by atoms with Crippen LogP contribution in [0.4, 0.5) is 0 Å². The Balaban J connectivity index is 0.00000149. The largest absolute Gasteiger partial charge is 0.370 e. The topological polar surface area (TPSA) is 70.6 Å². The summed E-state index contributed by atoms with van der Waals surface area (Å²) in [7, 11) is -3.37. The van der Waals surface area contributed by atoms with E-state index in [0.29, 0.717) is 23.4 Å². The smallest absolute Gasteiger partial charge is 0.240 e. The molecule has 1 saturated heterocycles. The number of fused-ring (bicyclic) bond motifs is 3. The van der Waals surface area contributed by atoms with Gasteiger partial charge >= 0.3 is 0 Å². The highest BCUT2D eigenvalue weighted by Gasteiger charge is 2.35. The van der Waals surface area contributed by atoms with Crippen LogP contribution in [0.5, 0.6) is 0 Å². The zero-order chi connectivity index (χ0) is 23.5. The predicted octanol–water partition coefficient (Wildman–Crippen LogP) is 5.43. The Labute approximate surface area is 200 Å². The van der Waals surface area contributed by atoms with Gasteiger partial charge in [0.05, 0.1) is 10.7 Å². The molecule has 1 aliphatic carbocycles. The number of benzene rings is 2. The highest BCUT2D eigenvalue weighted by molar-refractivity contribution is 7.89. The lowest BCUT2D eigenvalue weighted by atomic mass is 9.80. The van der Waals surface area contributed by atoms with Gasteiger partial charge in [-0.15, -0.1) is 0 Å². The highest BCUT2D eigenvalue weighted by Crippen LogP contribution is 2.37. The van der Waals surface area contributed by atoms with Crippen LogP contribution in [-0.4, -0.2) is 33.4 Å². The summed E-state index contributed by atoms with van der Waals surface area (Å²) in [6.45, 7) is 5.37.